The first-order valence-corrected chi connectivity index (χ1v) is 8.08. The molecule has 0 saturated heterocycles. The van der Waals surface area contributed by atoms with Crippen LogP contribution in [0.4, 0.5) is 5.69 Å². The molecule has 2 unspecified atom stereocenters. The second-order valence-electron chi connectivity index (χ2n) is 5.67. The van der Waals surface area contributed by atoms with Gasteiger partial charge in [-0.15, -0.1) is 11.8 Å². The minimum Gasteiger partial charge on any atom is -0.350 e. The Morgan fingerprint density at radius 2 is 2.29 bits per heavy atom. The first kappa shape index (κ1) is 14.4. The van der Waals surface area contributed by atoms with E-state index in [0.717, 1.165) is 17.7 Å². The molecule has 112 valence electrons. The lowest BCUT2D eigenvalue weighted by atomic mass is 10.1. The summed E-state index contributed by atoms with van der Waals surface area (Å²) in [6, 6.07) is 5.44. The van der Waals surface area contributed by atoms with Gasteiger partial charge in [-0.3, -0.25) is 9.59 Å². The first-order chi connectivity index (χ1) is 10.0. The van der Waals surface area contributed by atoms with Crippen LogP contribution in [0.15, 0.2) is 23.1 Å². The highest BCUT2D eigenvalue weighted by molar-refractivity contribution is 8.00. The molecular formula is C15H19N3O2S. The SMILES string of the molecule is CC1Sc2ccc(C(=O)NCC(N)C3CC3)cc2NC1=O. The number of benzene rings is 1. The second kappa shape index (κ2) is 5.69. The molecule has 0 bridgehead atoms. The zero-order valence-electron chi connectivity index (χ0n) is 11.9. The fourth-order valence-electron chi connectivity index (χ4n) is 2.35. The maximum absolute atomic E-state index is 12.1. The monoisotopic (exact) mass is 305 g/mol. The van der Waals surface area contributed by atoms with E-state index in [9.17, 15) is 9.59 Å². The molecule has 1 saturated carbocycles. The molecule has 0 spiro atoms. The molecule has 1 fully saturated rings. The van der Waals surface area contributed by atoms with Crippen molar-refractivity contribution in [3.05, 3.63) is 23.8 Å². The predicted molar refractivity (Wildman–Crippen MR) is 83.4 cm³/mol. The lowest BCUT2D eigenvalue weighted by molar-refractivity contribution is -0.115. The van der Waals surface area contributed by atoms with Gasteiger partial charge in [0.25, 0.3) is 5.91 Å². The summed E-state index contributed by atoms with van der Waals surface area (Å²) in [5, 5.41) is 5.59. The minimum absolute atomic E-state index is 0.0270. The zero-order chi connectivity index (χ0) is 15.0. The van der Waals surface area contributed by atoms with Gasteiger partial charge in [-0.1, -0.05) is 0 Å². The van der Waals surface area contributed by atoms with Crippen LogP contribution in [0.5, 0.6) is 0 Å². The summed E-state index contributed by atoms with van der Waals surface area (Å²) in [5.74, 6) is 0.388. The molecule has 6 heteroatoms. The number of rotatable bonds is 4. The Hall–Kier alpha value is -1.53. The topological polar surface area (TPSA) is 84.2 Å². The maximum Gasteiger partial charge on any atom is 0.251 e. The summed E-state index contributed by atoms with van der Waals surface area (Å²) in [6.45, 7) is 2.36. The first-order valence-electron chi connectivity index (χ1n) is 7.20. The van der Waals surface area contributed by atoms with Crippen molar-refractivity contribution in [3.8, 4) is 0 Å². The van der Waals surface area contributed by atoms with Gasteiger partial charge in [-0.2, -0.15) is 0 Å². The average molecular weight is 305 g/mol. The third-order valence-electron chi connectivity index (χ3n) is 3.90. The van der Waals surface area contributed by atoms with E-state index in [0.29, 0.717) is 23.7 Å². The molecule has 2 aliphatic rings. The summed E-state index contributed by atoms with van der Waals surface area (Å²) in [7, 11) is 0. The van der Waals surface area contributed by atoms with E-state index in [2.05, 4.69) is 10.6 Å². The van der Waals surface area contributed by atoms with Gasteiger partial charge in [0.1, 0.15) is 0 Å². The molecule has 3 rings (SSSR count). The van der Waals surface area contributed by atoms with Gasteiger partial charge in [0.15, 0.2) is 0 Å². The van der Waals surface area contributed by atoms with Gasteiger partial charge < -0.3 is 16.4 Å². The molecule has 2 amide bonds. The van der Waals surface area contributed by atoms with Crippen molar-refractivity contribution in [3.63, 3.8) is 0 Å². The van der Waals surface area contributed by atoms with Crippen molar-refractivity contribution in [2.24, 2.45) is 11.7 Å². The number of hydrogen-bond donors (Lipinski definition) is 3. The number of carbonyl (C=O) groups is 2. The summed E-state index contributed by atoms with van der Waals surface area (Å²) < 4.78 is 0. The van der Waals surface area contributed by atoms with Gasteiger partial charge in [0.2, 0.25) is 5.91 Å². The smallest absolute Gasteiger partial charge is 0.251 e. The molecule has 2 atom stereocenters. The maximum atomic E-state index is 12.1. The molecule has 1 aromatic carbocycles. The fourth-order valence-corrected chi connectivity index (χ4v) is 3.28. The van der Waals surface area contributed by atoms with Crippen molar-refractivity contribution in [1.29, 1.82) is 0 Å². The summed E-state index contributed by atoms with van der Waals surface area (Å²) in [4.78, 5) is 24.8. The summed E-state index contributed by atoms with van der Waals surface area (Å²) in [5.41, 5.74) is 7.23. The molecule has 5 nitrogen and oxygen atoms in total. The molecule has 1 aromatic rings. The van der Waals surface area contributed by atoms with Crippen molar-refractivity contribution in [2.75, 3.05) is 11.9 Å². The average Bonchev–Trinajstić information content (AvgIpc) is 3.30. The van der Waals surface area contributed by atoms with Gasteiger partial charge in [-0.05, 0) is 43.9 Å². The Balaban J connectivity index is 1.66. The Labute approximate surface area is 128 Å². The molecule has 1 aliphatic carbocycles. The van der Waals surface area contributed by atoms with E-state index in [1.165, 1.54) is 11.8 Å². The van der Waals surface area contributed by atoms with Crippen LogP contribution in [0.1, 0.15) is 30.1 Å². The van der Waals surface area contributed by atoms with E-state index >= 15 is 0 Å². The molecule has 4 N–H and O–H groups in total. The number of thioether (sulfide) groups is 1. The van der Waals surface area contributed by atoms with Gasteiger partial charge in [0.05, 0.1) is 10.9 Å². The van der Waals surface area contributed by atoms with Crippen molar-refractivity contribution < 1.29 is 9.59 Å². The standard InChI is InChI=1S/C15H19N3O2S/c1-8-14(19)18-12-6-10(4-5-13(12)21-8)15(20)17-7-11(16)9-2-3-9/h4-6,8-9,11H,2-3,7,16H2,1H3,(H,17,20)(H,18,19). The number of nitrogens with two attached hydrogens (primary N) is 1. The van der Waals surface area contributed by atoms with Crippen molar-refractivity contribution in [2.45, 2.75) is 36.0 Å². The normalized spacial score (nSPS) is 22.2. The Bertz CT molecular complexity index is 586. The van der Waals surface area contributed by atoms with Crippen LogP contribution in [0.25, 0.3) is 0 Å². The van der Waals surface area contributed by atoms with Crippen LogP contribution in [-0.2, 0) is 4.79 Å². The van der Waals surface area contributed by atoms with E-state index in [4.69, 9.17) is 5.73 Å². The molecule has 0 radical (unpaired) electrons. The number of nitrogens with one attached hydrogen (secondary N) is 2. The number of amides is 2. The van der Waals surface area contributed by atoms with Crippen LogP contribution in [0, 0.1) is 5.92 Å². The van der Waals surface area contributed by atoms with Crippen molar-refractivity contribution >= 4 is 29.3 Å². The minimum atomic E-state index is -0.147. The van der Waals surface area contributed by atoms with E-state index < -0.39 is 0 Å². The van der Waals surface area contributed by atoms with Crippen molar-refractivity contribution in [1.82, 2.24) is 5.32 Å². The van der Waals surface area contributed by atoms with Crippen LogP contribution >= 0.6 is 11.8 Å². The Morgan fingerprint density at radius 1 is 1.52 bits per heavy atom. The van der Waals surface area contributed by atoms with Gasteiger partial charge in [0, 0.05) is 23.0 Å². The van der Waals surface area contributed by atoms with Gasteiger partial charge >= 0.3 is 0 Å². The van der Waals surface area contributed by atoms with Crippen LogP contribution in [0.2, 0.25) is 0 Å². The summed E-state index contributed by atoms with van der Waals surface area (Å²) >= 11 is 1.51. The largest absolute Gasteiger partial charge is 0.350 e. The van der Waals surface area contributed by atoms with Gasteiger partial charge in [-0.25, -0.2) is 0 Å². The number of fused-ring (bicyclic) bond motifs is 1. The summed E-state index contributed by atoms with van der Waals surface area (Å²) in [6.07, 6.45) is 2.33. The Kier molecular flexibility index (Phi) is 3.91. The number of anilines is 1. The Morgan fingerprint density at radius 3 is 3.00 bits per heavy atom. The van der Waals surface area contributed by atoms with Crippen LogP contribution < -0.4 is 16.4 Å². The quantitative estimate of drug-likeness (QED) is 0.788. The number of hydrogen-bond acceptors (Lipinski definition) is 4. The molecule has 0 aromatic heterocycles. The number of carbonyl (C=O) groups excluding carboxylic acids is 2. The van der Waals surface area contributed by atoms with Crippen LogP contribution in [-0.4, -0.2) is 29.7 Å². The highest BCUT2D eigenvalue weighted by atomic mass is 32.2. The molecule has 21 heavy (non-hydrogen) atoms. The third-order valence-corrected chi connectivity index (χ3v) is 5.08. The zero-order valence-corrected chi connectivity index (χ0v) is 12.7. The van der Waals surface area contributed by atoms with Crippen LogP contribution in [0.3, 0.4) is 0 Å². The fraction of sp³-hybridized carbons (Fsp3) is 0.467. The third kappa shape index (κ3) is 3.22. The lowest BCUT2D eigenvalue weighted by Crippen LogP contribution is -2.38. The second-order valence-corrected chi connectivity index (χ2v) is 7.05. The molecule has 1 aliphatic heterocycles. The van der Waals surface area contributed by atoms with E-state index in [1.54, 1.807) is 12.1 Å². The highest BCUT2D eigenvalue weighted by Gasteiger charge is 2.28. The predicted octanol–water partition coefficient (Wildman–Crippen LogP) is 1.59. The molecular weight excluding hydrogens is 286 g/mol. The lowest BCUT2D eigenvalue weighted by Gasteiger charge is -2.21. The highest BCUT2D eigenvalue weighted by Crippen LogP contribution is 2.36. The molecule has 1 heterocycles. The van der Waals surface area contributed by atoms with E-state index in [-0.39, 0.29) is 23.1 Å². The van der Waals surface area contributed by atoms with E-state index in [1.807, 2.05) is 13.0 Å².